The lowest BCUT2D eigenvalue weighted by molar-refractivity contribution is -2.00. The molecular weight excluding hydrogens is 286 g/mol. The average molecular weight is 296 g/mol. The first-order chi connectivity index (χ1) is 7.83. The molecule has 0 fully saturated rings. The van der Waals surface area contributed by atoms with Gasteiger partial charge in [0, 0.05) is 6.07 Å². The molecule has 0 bridgehead atoms. The third-order valence-electron chi connectivity index (χ3n) is 1.87. The molecule has 0 spiro atoms. The fourth-order valence-electron chi connectivity index (χ4n) is 1.26. The van der Waals surface area contributed by atoms with Crippen LogP contribution in [0.3, 0.4) is 0 Å². The van der Waals surface area contributed by atoms with Crippen molar-refractivity contribution in [2.24, 2.45) is 7.05 Å². The van der Waals surface area contributed by atoms with Crippen LogP contribution < -0.4 is 23.2 Å². The number of aromatic nitrogens is 1. The molecule has 0 radical (unpaired) electrons. The monoisotopic (exact) mass is 295 g/mol. The molecule has 94 valence electrons. The first-order valence-corrected chi connectivity index (χ1v) is 7.64. The largest absolute Gasteiger partial charge is 0.297 e. The number of thioether (sulfide) groups is 1. The summed E-state index contributed by atoms with van der Waals surface area (Å²) >= 11 is 3.65. The van der Waals surface area contributed by atoms with Gasteiger partial charge in [0.2, 0.25) is 5.52 Å². The maximum Gasteiger partial charge on any atom is 0.297 e. The lowest BCUT2D eigenvalue weighted by Gasteiger charge is -2.17. The Hall–Kier alpha value is -0.410. The topological polar surface area (TPSA) is 96.1 Å². The molecule has 1 aromatic heterocycles. The van der Waals surface area contributed by atoms with Crippen molar-refractivity contribution in [3.8, 4) is 0 Å². The third-order valence-corrected chi connectivity index (χ3v) is 4.26. The first-order valence-electron chi connectivity index (χ1n) is 4.36. The summed E-state index contributed by atoms with van der Waals surface area (Å²) < 4.78 is 38.9. The fourth-order valence-corrected chi connectivity index (χ4v) is 3.11. The number of hydrogen-bond donors (Lipinski definition) is 0. The molecule has 0 aliphatic heterocycles. The molecule has 0 aliphatic carbocycles. The van der Waals surface area contributed by atoms with Crippen LogP contribution in [0.15, 0.2) is 28.6 Å². The van der Waals surface area contributed by atoms with Crippen molar-refractivity contribution in [2.45, 2.75) is 4.34 Å². The standard InChI is InChI=1S/C9H10NS2.ClHO4/c1-10-7-5-3-4-6-8(7)12-9(10)11-2;2-1(3,4)5/h3-6H,1-2H3;(H,2,3,4,5)/q+1;/p-1. The first kappa shape index (κ1) is 14.7. The summed E-state index contributed by atoms with van der Waals surface area (Å²) in [6, 6.07) is 8.49. The minimum atomic E-state index is -4.94. The molecule has 2 rings (SSSR count). The van der Waals surface area contributed by atoms with Gasteiger partial charge in [0.25, 0.3) is 4.34 Å². The maximum atomic E-state index is 8.49. The Bertz CT molecular complexity index is 491. The van der Waals surface area contributed by atoms with E-state index in [-0.39, 0.29) is 0 Å². The van der Waals surface area contributed by atoms with Gasteiger partial charge in [-0.25, -0.2) is 18.6 Å². The lowest BCUT2D eigenvalue weighted by Crippen LogP contribution is -2.68. The molecule has 1 heterocycles. The summed E-state index contributed by atoms with van der Waals surface area (Å²) in [5, 5.41) is 0. The quantitative estimate of drug-likeness (QED) is 0.435. The molecule has 0 aliphatic rings. The van der Waals surface area contributed by atoms with E-state index in [0.717, 1.165) is 0 Å². The SMILES string of the molecule is CSc1sc2ccccc2[n+]1C.[O-][Cl+3]([O-])([O-])[O-]. The number of thiazole rings is 1. The molecule has 0 unspecified atom stereocenters. The molecule has 0 saturated carbocycles. The van der Waals surface area contributed by atoms with Crippen LogP contribution in [0.1, 0.15) is 0 Å². The van der Waals surface area contributed by atoms with Crippen molar-refractivity contribution in [3.63, 3.8) is 0 Å². The average Bonchev–Trinajstić information content (AvgIpc) is 2.54. The molecule has 0 atom stereocenters. The smallest absolute Gasteiger partial charge is 0.222 e. The molecule has 0 saturated heterocycles. The van der Waals surface area contributed by atoms with Crippen LogP contribution in [0.2, 0.25) is 0 Å². The number of aryl methyl sites for hydroxylation is 1. The maximum absolute atomic E-state index is 8.49. The van der Waals surface area contributed by atoms with Crippen LogP contribution in [0.25, 0.3) is 10.2 Å². The zero-order valence-electron chi connectivity index (χ0n) is 9.08. The number of nitrogens with zero attached hydrogens (tertiary/aromatic N) is 1. The highest BCUT2D eigenvalue weighted by Gasteiger charge is 2.14. The molecule has 8 heteroatoms. The van der Waals surface area contributed by atoms with E-state index >= 15 is 0 Å². The van der Waals surface area contributed by atoms with E-state index in [2.05, 4.69) is 42.1 Å². The Labute approximate surface area is 109 Å². The second kappa shape index (κ2) is 5.96. The molecule has 0 amide bonds. The molecular formula is C9H10ClNO4S2. The fraction of sp³-hybridized carbons (Fsp3) is 0.222. The lowest BCUT2D eigenvalue weighted by atomic mass is 10.3. The van der Waals surface area contributed by atoms with Gasteiger partial charge in [-0.2, -0.15) is 4.57 Å². The Balaban J connectivity index is 0.000000249. The number of halogens is 1. The van der Waals surface area contributed by atoms with Crippen molar-refractivity contribution in [1.29, 1.82) is 0 Å². The van der Waals surface area contributed by atoms with Crippen molar-refractivity contribution in [1.82, 2.24) is 0 Å². The van der Waals surface area contributed by atoms with E-state index in [1.165, 1.54) is 14.6 Å². The van der Waals surface area contributed by atoms with Gasteiger partial charge in [-0.15, -0.1) is 10.2 Å². The summed E-state index contributed by atoms with van der Waals surface area (Å²) in [5.41, 5.74) is 1.33. The predicted molar refractivity (Wildman–Crippen MR) is 54.8 cm³/mol. The second-order valence-electron chi connectivity index (χ2n) is 2.98. The van der Waals surface area contributed by atoms with Gasteiger partial charge in [0.05, 0.1) is 0 Å². The van der Waals surface area contributed by atoms with Gasteiger partial charge in [-0.1, -0.05) is 23.5 Å². The molecule has 1 aromatic carbocycles. The van der Waals surface area contributed by atoms with E-state index in [1.54, 1.807) is 11.8 Å². The highest BCUT2D eigenvalue weighted by Crippen LogP contribution is 2.25. The van der Waals surface area contributed by atoms with Crippen LogP contribution >= 0.6 is 23.1 Å². The van der Waals surface area contributed by atoms with Gasteiger partial charge in [0.1, 0.15) is 11.7 Å². The van der Waals surface area contributed by atoms with Crippen LogP contribution in [0.5, 0.6) is 0 Å². The van der Waals surface area contributed by atoms with E-state index < -0.39 is 10.2 Å². The number of fused-ring (bicyclic) bond motifs is 1. The molecule has 5 nitrogen and oxygen atoms in total. The van der Waals surface area contributed by atoms with E-state index in [9.17, 15) is 0 Å². The van der Waals surface area contributed by atoms with Crippen LogP contribution in [0, 0.1) is 10.2 Å². The zero-order valence-corrected chi connectivity index (χ0v) is 11.5. The minimum absolute atomic E-state index is 1.33. The second-order valence-corrected chi connectivity index (χ2v) is 5.82. The Morgan fingerprint density at radius 2 is 1.71 bits per heavy atom. The molecule has 17 heavy (non-hydrogen) atoms. The van der Waals surface area contributed by atoms with Crippen molar-refractivity contribution >= 4 is 33.3 Å². The Morgan fingerprint density at radius 3 is 2.18 bits per heavy atom. The van der Waals surface area contributed by atoms with Crippen LogP contribution in [0.4, 0.5) is 0 Å². The minimum Gasteiger partial charge on any atom is -0.222 e. The highest BCUT2D eigenvalue weighted by molar-refractivity contribution is 8.00. The summed E-state index contributed by atoms with van der Waals surface area (Å²) in [4.78, 5) is 0. The zero-order chi connectivity index (χ0) is 13.1. The van der Waals surface area contributed by atoms with Crippen LogP contribution in [-0.2, 0) is 7.05 Å². The number of rotatable bonds is 1. The van der Waals surface area contributed by atoms with Gasteiger partial charge >= 0.3 is 0 Å². The van der Waals surface area contributed by atoms with Crippen molar-refractivity contribution < 1.29 is 33.4 Å². The van der Waals surface area contributed by atoms with Gasteiger partial charge in [-0.05, 0) is 24.1 Å². The number of benzene rings is 1. The predicted octanol–water partition coefficient (Wildman–Crippen LogP) is -2.31. The van der Waals surface area contributed by atoms with Gasteiger partial charge < -0.3 is 0 Å². The normalized spacial score (nSPS) is 11.2. The van der Waals surface area contributed by atoms with Crippen molar-refractivity contribution in [3.05, 3.63) is 24.3 Å². The summed E-state index contributed by atoms with van der Waals surface area (Å²) in [7, 11) is -2.83. The van der Waals surface area contributed by atoms with Crippen LogP contribution in [-0.4, -0.2) is 6.26 Å². The van der Waals surface area contributed by atoms with E-state index in [0.29, 0.717) is 0 Å². The third kappa shape index (κ3) is 4.76. The summed E-state index contributed by atoms with van der Waals surface area (Å²) in [5.74, 6) is 0. The highest BCUT2D eigenvalue weighted by atomic mass is 35.7. The van der Waals surface area contributed by atoms with E-state index in [4.69, 9.17) is 18.6 Å². The van der Waals surface area contributed by atoms with E-state index in [1.807, 2.05) is 11.3 Å². The summed E-state index contributed by atoms with van der Waals surface area (Å²) in [6.07, 6.45) is 2.12. The van der Waals surface area contributed by atoms with Gasteiger partial charge in [-0.3, -0.25) is 0 Å². The number of para-hydroxylation sites is 1. The number of hydrogen-bond acceptors (Lipinski definition) is 6. The molecule has 0 N–H and O–H groups in total. The Kier molecular flexibility index (Phi) is 5.14. The van der Waals surface area contributed by atoms with Gasteiger partial charge in [0.15, 0.2) is 0 Å². The summed E-state index contributed by atoms with van der Waals surface area (Å²) in [6.45, 7) is 0. The van der Waals surface area contributed by atoms with Crippen molar-refractivity contribution in [2.75, 3.05) is 6.26 Å². The molecule has 2 aromatic rings. The Morgan fingerprint density at radius 1 is 1.18 bits per heavy atom.